The Balaban J connectivity index is 2.07. The van der Waals surface area contributed by atoms with Gasteiger partial charge in [-0.25, -0.2) is 0 Å². The molecular weight excluding hydrogens is 324 g/mol. The van der Waals surface area contributed by atoms with E-state index in [1.54, 1.807) is 0 Å². The maximum absolute atomic E-state index is 3.67. The quantitative estimate of drug-likeness (QED) is 0.688. The molecule has 1 fully saturated rings. The van der Waals surface area contributed by atoms with E-state index in [2.05, 4.69) is 50.9 Å². The number of rotatable bonds is 4. The van der Waals surface area contributed by atoms with Crippen molar-refractivity contribution in [1.29, 1.82) is 0 Å². The molecule has 2 rings (SSSR count). The van der Waals surface area contributed by atoms with Crippen LogP contribution in [0.3, 0.4) is 0 Å². The van der Waals surface area contributed by atoms with E-state index >= 15 is 0 Å². The predicted octanol–water partition coefficient (Wildman–Crippen LogP) is 4.86. The highest BCUT2D eigenvalue weighted by atomic mass is 79.9. The molecule has 0 bridgehead atoms. The lowest BCUT2D eigenvalue weighted by atomic mass is 9.83. The van der Waals surface area contributed by atoms with Gasteiger partial charge in [0, 0.05) is 10.2 Å². The summed E-state index contributed by atoms with van der Waals surface area (Å²) in [6, 6.07) is 4.40. The molecule has 0 nitrogen and oxygen atoms in total. The Morgan fingerprint density at radius 1 is 1.50 bits per heavy atom. The fraction of sp³-hybridized carbons (Fsp3) is 0.636. The minimum absolute atomic E-state index is 0.476. The molecule has 1 heterocycles. The lowest BCUT2D eigenvalue weighted by molar-refractivity contribution is 0.321. The molecule has 0 spiro atoms. The molecule has 1 aliphatic rings. The number of thiophene rings is 1. The predicted molar refractivity (Wildman–Crippen MR) is 70.3 cm³/mol. The summed E-state index contributed by atoms with van der Waals surface area (Å²) < 4.78 is 1.25. The van der Waals surface area contributed by atoms with Crippen molar-refractivity contribution >= 4 is 43.2 Å². The van der Waals surface area contributed by atoms with Crippen LogP contribution in [0.15, 0.2) is 15.9 Å². The van der Waals surface area contributed by atoms with Crippen LogP contribution in [0.5, 0.6) is 0 Å². The van der Waals surface area contributed by atoms with E-state index in [1.807, 2.05) is 11.3 Å². The molecule has 0 amide bonds. The second kappa shape index (κ2) is 4.26. The van der Waals surface area contributed by atoms with Crippen molar-refractivity contribution in [1.82, 2.24) is 0 Å². The lowest BCUT2D eigenvalue weighted by Crippen LogP contribution is -2.23. The summed E-state index contributed by atoms with van der Waals surface area (Å²) in [4.78, 5) is 1.51. The topological polar surface area (TPSA) is 0 Å². The molecule has 1 aliphatic carbocycles. The van der Waals surface area contributed by atoms with Crippen LogP contribution in [-0.4, -0.2) is 5.33 Å². The van der Waals surface area contributed by atoms with Crippen molar-refractivity contribution < 1.29 is 0 Å². The zero-order chi connectivity index (χ0) is 10.2. The third-order valence-corrected chi connectivity index (χ3v) is 5.98. The first-order chi connectivity index (χ1) is 6.64. The van der Waals surface area contributed by atoms with Gasteiger partial charge in [0.05, 0.1) is 3.79 Å². The second-order valence-corrected chi connectivity index (χ2v) is 7.55. The third-order valence-electron chi connectivity index (χ3n) is 3.08. The summed E-state index contributed by atoms with van der Waals surface area (Å²) in [5.74, 6) is 0.947. The van der Waals surface area contributed by atoms with Gasteiger partial charge in [-0.2, -0.15) is 0 Å². The summed E-state index contributed by atoms with van der Waals surface area (Å²) in [5, 5.41) is 1.13. The average molecular weight is 338 g/mol. The van der Waals surface area contributed by atoms with Crippen LogP contribution in [0.4, 0.5) is 0 Å². The summed E-state index contributed by atoms with van der Waals surface area (Å²) in [7, 11) is 0. The maximum atomic E-state index is 3.67. The molecular formula is C11H14Br2S. The van der Waals surface area contributed by atoms with E-state index in [0.717, 1.165) is 11.2 Å². The fourth-order valence-electron chi connectivity index (χ4n) is 1.93. The monoisotopic (exact) mass is 336 g/mol. The lowest BCUT2D eigenvalue weighted by Gasteiger charge is -2.26. The van der Waals surface area contributed by atoms with Gasteiger partial charge in [0.25, 0.3) is 0 Å². The van der Waals surface area contributed by atoms with Gasteiger partial charge >= 0.3 is 0 Å². The van der Waals surface area contributed by atoms with E-state index in [-0.39, 0.29) is 0 Å². The van der Waals surface area contributed by atoms with Crippen molar-refractivity contribution in [2.24, 2.45) is 11.3 Å². The highest BCUT2D eigenvalue weighted by molar-refractivity contribution is 9.11. The fourth-order valence-corrected chi connectivity index (χ4v) is 4.26. The van der Waals surface area contributed by atoms with Gasteiger partial charge in [0.1, 0.15) is 0 Å². The molecule has 1 atom stereocenters. The largest absolute Gasteiger partial charge is 0.133 e. The van der Waals surface area contributed by atoms with Crippen LogP contribution in [-0.2, 0) is 6.42 Å². The molecule has 1 aromatic rings. The number of hydrogen-bond donors (Lipinski definition) is 0. The van der Waals surface area contributed by atoms with Gasteiger partial charge in [-0.15, -0.1) is 11.3 Å². The van der Waals surface area contributed by atoms with E-state index in [4.69, 9.17) is 0 Å². The Bertz CT molecular complexity index is 317. The molecule has 0 radical (unpaired) electrons. The molecule has 0 aromatic carbocycles. The van der Waals surface area contributed by atoms with Crippen LogP contribution < -0.4 is 0 Å². The smallest absolute Gasteiger partial charge is 0.0701 e. The number of hydrogen-bond acceptors (Lipinski definition) is 1. The van der Waals surface area contributed by atoms with Crippen molar-refractivity contribution in [2.75, 3.05) is 5.33 Å². The highest BCUT2D eigenvalue weighted by Gasteiger charge is 2.40. The molecule has 1 aromatic heterocycles. The van der Waals surface area contributed by atoms with Crippen molar-refractivity contribution in [3.05, 3.63) is 20.8 Å². The van der Waals surface area contributed by atoms with Crippen LogP contribution in [0.25, 0.3) is 0 Å². The second-order valence-electron chi connectivity index (χ2n) is 4.44. The number of alkyl halides is 1. The normalized spacial score (nSPS) is 20.8. The average Bonchev–Trinajstić information content (AvgIpc) is 2.93. The Morgan fingerprint density at radius 3 is 2.64 bits per heavy atom. The Morgan fingerprint density at radius 2 is 2.21 bits per heavy atom. The van der Waals surface area contributed by atoms with Gasteiger partial charge in [0.2, 0.25) is 0 Å². The number of halogens is 2. The maximum Gasteiger partial charge on any atom is 0.0701 e. The Labute approximate surface area is 106 Å². The van der Waals surface area contributed by atoms with E-state index in [0.29, 0.717) is 5.41 Å². The first-order valence-corrected chi connectivity index (χ1v) is 7.67. The molecule has 78 valence electrons. The standard InChI is InChI=1S/C11H14Br2S/c1-11(7-12,8-2-3-8)6-9-4-5-10(13)14-9/h4-5,8H,2-3,6-7H2,1H3. The Hall–Kier alpha value is 0.660. The zero-order valence-corrected chi connectivity index (χ0v) is 12.2. The minimum atomic E-state index is 0.476. The van der Waals surface area contributed by atoms with Crippen LogP contribution in [0, 0.1) is 11.3 Å². The summed E-state index contributed by atoms with van der Waals surface area (Å²) in [5.41, 5.74) is 0.476. The summed E-state index contributed by atoms with van der Waals surface area (Å²) in [6.07, 6.45) is 4.07. The summed E-state index contributed by atoms with van der Waals surface area (Å²) in [6.45, 7) is 2.41. The first kappa shape index (κ1) is 11.2. The van der Waals surface area contributed by atoms with Crippen molar-refractivity contribution in [2.45, 2.75) is 26.2 Å². The molecule has 3 heteroatoms. The first-order valence-electron chi connectivity index (χ1n) is 4.94. The molecule has 0 aliphatic heterocycles. The van der Waals surface area contributed by atoms with Crippen molar-refractivity contribution in [3.63, 3.8) is 0 Å². The summed E-state index contributed by atoms with van der Waals surface area (Å²) >= 11 is 9.06. The van der Waals surface area contributed by atoms with Gasteiger partial charge in [-0.1, -0.05) is 22.9 Å². The zero-order valence-electron chi connectivity index (χ0n) is 8.22. The SMILES string of the molecule is CC(CBr)(Cc1ccc(Br)s1)C1CC1. The molecule has 14 heavy (non-hydrogen) atoms. The van der Waals surface area contributed by atoms with Gasteiger partial charge < -0.3 is 0 Å². The van der Waals surface area contributed by atoms with Crippen LogP contribution >= 0.6 is 43.2 Å². The van der Waals surface area contributed by atoms with Gasteiger partial charge in [0.15, 0.2) is 0 Å². The van der Waals surface area contributed by atoms with E-state index in [1.165, 1.54) is 27.9 Å². The van der Waals surface area contributed by atoms with Gasteiger partial charge in [-0.3, -0.25) is 0 Å². The highest BCUT2D eigenvalue weighted by Crippen LogP contribution is 2.49. The molecule has 1 saturated carbocycles. The van der Waals surface area contributed by atoms with Gasteiger partial charge in [-0.05, 0) is 58.7 Å². The van der Waals surface area contributed by atoms with Crippen LogP contribution in [0.2, 0.25) is 0 Å². The van der Waals surface area contributed by atoms with E-state index in [9.17, 15) is 0 Å². The third kappa shape index (κ3) is 2.42. The molecule has 0 N–H and O–H groups in total. The van der Waals surface area contributed by atoms with E-state index < -0.39 is 0 Å². The molecule has 1 unspecified atom stereocenters. The van der Waals surface area contributed by atoms with Crippen LogP contribution in [0.1, 0.15) is 24.6 Å². The molecule has 0 saturated heterocycles. The Kier molecular flexibility index (Phi) is 3.40. The van der Waals surface area contributed by atoms with Crippen molar-refractivity contribution in [3.8, 4) is 0 Å². The minimum Gasteiger partial charge on any atom is -0.133 e.